The second-order valence-electron chi connectivity index (χ2n) is 6.31. The molecule has 1 amide bonds. The van der Waals surface area contributed by atoms with Crippen LogP contribution in [0.2, 0.25) is 0 Å². The second kappa shape index (κ2) is 10.7. The van der Waals surface area contributed by atoms with Gasteiger partial charge in [0.2, 0.25) is 0 Å². The zero-order valence-corrected chi connectivity index (χ0v) is 15.3. The van der Waals surface area contributed by atoms with Crippen molar-refractivity contribution >= 4 is 11.9 Å². The average molecular weight is 346 g/mol. The molecule has 0 aliphatic heterocycles. The molecule has 0 heterocycles. The molecule has 2 rings (SSSR count). The van der Waals surface area contributed by atoms with Crippen molar-refractivity contribution in [2.45, 2.75) is 38.1 Å². The zero-order valence-electron chi connectivity index (χ0n) is 15.3. The average Bonchev–Trinajstić information content (AvgIpc) is 3.45. The third-order valence-corrected chi connectivity index (χ3v) is 4.07. The number of guanidine groups is 1. The third kappa shape index (κ3) is 7.56. The number of methoxy groups -OCH3 is 1. The van der Waals surface area contributed by atoms with Gasteiger partial charge < -0.3 is 20.7 Å². The third-order valence-electron chi connectivity index (χ3n) is 4.07. The van der Waals surface area contributed by atoms with Crippen LogP contribution in [0.5, 0.6) is 0 Å². The molecule has 0 aromatic heterocycles. The molecule has 1 aliphatic rings. The molecule has 3 N–H and O–H groups in total. The molecule has 0 bridgehead atoms. The standard InChI is InChI=1S/C19H30N4O2/c1-20-18(24)16-7-5-6-15(14-16)10-12-22-19(23-17-8-9-17)21-11-3-4-13-25-2/h5-7,14,17H,3-4,8-13H2,1-2H3,(H,20,24)(H2,21,22,23). The number of aliphatic imine (C=N–C) groups is 1. The molecule has 1 aliphatic carbocycles. The predicted octanol–water partition coefficient (Wildman–Crippen LogP) is 1.71. The summed E-state index contributed by atoms with van der Waals surface area (Å²) in [5, 5.41) is 9.51. The number of carbonyl (C=O) groups excluding carboxylic acids is 1. The van der Waals surface area contributed by atoms with Crippen LogP contribution in [0.3, 0.4) is 0 Å². The highest BCUT2D eigenvalue weighted by Crippen LogP contribution is 2.18. The van der Waals surface area contributed by atoms with E-state index in [0.29, 0.717) is 11.6 Å². The summed E-state index contributed by atoms with van der Waals surface area (Å²) in [7, 11) is 3.37. The van der Waals surface area contributed by atoms with E-state index in [4.69, 9.17) is 4.74 Å². The lowest BCUT2D eigenvalue weighted by Gasteiger charge is -2.12. The van der Waals surface area contributed by atoms with Crippen LogP contribution in [0.1, 0.15) is 41.6 Å². The quantitative estimate of drug-likeness (QED) is 0.343. The summed E-state index contributed by atoms with van der Waals surface area (Å²) in [4.78, 5) is 16.3. The first-order valence-electron chi connectivity index (χ1n) is 9.07. The molecule has 1 aromatic rings. The fourth-order valence-electron chi connectivity index (χ4n) is 2.46. The molecular weight excluding hydrogens is 316 g/mol. The minimum Gasteiger partial charge on any atom is -0.385 e. The minimum absolute atomic E-state index is 0.0523. The minimum atomic E-state index is -0.0523. The number of hydrogen-bond donors (Lipinski definition) is 3. The Morgan fingerprint density at radius 3 is 2.88 bits per heavy atom. The predicted molar refractivity (Wildman–Crippen MR) is 101 cm³/mol. The van der Waals surface area contributed by atoms with Crippen molar-refractivity contribution in [1.29, 1.82) is 0 Å². The van der Waals surface area contributed by atoms with E-state index in [9.17, 15) is 4.79 Å². The van der Waals surface area contributed by atoms with Crippen molar-refractivity contribution in [3.63, 3.8) is 0 Å². The number of benzene rings is 1. The molecule has 0 radical (unpaired) electrons. The number of hydrogen-bond acceptors (Lipinski definition) is 3. The van der Waals surface area contributed by atoms with Crippen LogP contribution in [0.15, 0.2) is 29.3 Å². The Bertz CT molecular complexity index is 570. The maximum absolute atomic E-state index is 11.7. The number of rotatable bonds is 10. The van der Waals surface area contributed by atoms with Gasteiger partial charge in [0.15, 0.2) is 5.96 Å². The lowest BCUT2D eigenvalue weighted by Crippen LogP contribution is -2.39. The van der Waals surface area contributed by atoms with E-state index in [0.717, 1.165) is 50.5 Å². The number of nitrogens with one attached hydrogen (secondary N) is 3. The van der Waals surface area contributed by atoms with Crippen LogP contribution in [-0.2, 0) is 11.2 Å². The Balaban J connectivity index is 1.79. The maximum Gasteiger partial charge on any atom is 0.251 e. The van der Waals surface area contributed by atoms with Gasteiger partial charge in [-0.3, -0.25) is 9.79 Å². The highest BCUT2D eigenvalue weighted by Gasteiger charge is 2.22. The molecule has 6 heteroatoms. The molecule has 1 aromatic carbocycles. The van der Waals surface area contributed by atoms with Gasteiger partial charge in [0.1, 0.15) is 0 Å². The van der Waals surface area contributed by atoms with Gasteiger partial charge in [0, 0.05) is 45.5 Å². The first kappa shape index (κ1) is 19.2. The van der Waals surface area contributed by atoms with Gasteiger partial charge >= 0.3 is 0 Å². The Labute approximate surface area is 150 Å². The van der Waals surface area contributed by atoms with Crippen LogP contribution in [-0.4, -0.2) is 51.8 Å². The van der Waals surface area contributed by atoms with Gasteiger partial charge in [0.05, 0.1) is 0 Å². The smallest absolute Gasteiger partial charge is 0.251 e. The summed E-state index contributed by atoms with van der Waals surface area (Å²) in [5.41, 5.74) is 1.84. The van der Waals surface area contributed by atoms with E-state index in [1.807, 2.05) is 24.3 Å². The van der Waals surface area contributed by atoms with E-state index in [1.165, 1.54) is 12.8 Å². The molecule has 0 saturated heterocycles. The Kier molecular flexibility index (Phi) is 8.25. The monoisotopic (exact) mass is 346 g/mol. The van der Waals surface area contributed by atoms with Crippen molar-refractivity contribution in [3.8, 4) is 0 Å². The SMILES string of the molecule is CNC(=O)c1cccc(CCNC(=NCCCCOC)NC2CC2)c1. The largest absolute Gasteiger partial charge is 0.385 e. The summed E-state index contributed by atoms with van der Waals surface area (Å²) in [6.45, 7) is 2.38. The fraction of sp³-hybridized carbons (Fsp3) is 0.579. The number of ether oxygens (including phenoxy) is 1. The molecule has 0 atom stereocenters. The molecule has 25 heavy (non-hydrogen) atoms. The van der Waals surface area contributed by atoms with Gasteiger partial charge in [0.25, 0.3) is 5.91 Å². The lowest BCUT2D eigenvalue weighted by atomic mass is 10.1. The first-order valence-corrected chi connectivity index (χ1v) is 9.07. The molecular formula is C19H30N4O2. The van der Waals surface area contributed by atoms with E-state index in [2.05, 4.69) is 20.9 Å². The molecule has 0 spiro atoms. The van der Waals surface area contributed by atoms with Crippen molar-refractivity contribution in [3.05, 3.63) is 35.4 Å². The fourth-order valence-corrected chi connectivity index (χ4v) is 2.46. The van der Waals surface area contributed by atoms with Crippen LogP contribution >= 0.6 is 0 Å². The summed E-state index contributed by atoms with van der Waals surface area (Å²) in [5.74, 6) is 0.839. The van der Waals surface area contributed by atoms with Gasteiger partial charge in [-0.25, -0.2) is 0 Å². The number of unbranched alkanes of at least 4 members (excludes halogenated alkanes) is 1. The van der Waals surface area contributed by atoms with Crippen LogP contribution in [0, 0.1) is 0 Å². The zero-order chi connectivity index (χ0) is 17.9. The maximum atomic E-state index is 11.7. The number of nitrogens with zero attached hydrogens (tertiary/aromatic N) is 1. The molecule has 1 fully saturated rings. The summed E-state index contributed by atoms with van der Waals surface area (Å²) in [6, 6.07) is 8.31. The highest BCUT2D eigenvalue weighted by atomic mass is 16.5. The summed E-state index contributed by atoms with van der Waals surface area (Å²) >= 11 is 0. The van der Waals surface area contributed by atoms with Crippen molar-refractivity contribution < 1.29 is 9.53 Å². The Hall–Kier alpha value is -2.08. The Morgan fingerprint density at radius 1 is 1.32 bits per heavy atom. The van der Waals surface area contributed by atoms with Crippen molar-refractivity contribution in [1.82, 2.24) is 16.0 Å². The molecule has 0 unspecified atom stereocenters. The van der Waals surface area contributed by atoms with Gasteiger partial charge in [-0.15, -0.1) is 0 Å². The van der Waals surface area contributed by atoms with Gasteiger partial charge in [-0.1, -0.05) is 12.1 Å². The number of carbonyl (C=O) groups is 1. The van der Waals surface area contributed by atoms with Crippen molar-refractivity contribution in [2.75, 3.05) is 33.9 Å². The highest BCUT2D eigenvalue weighted by molar-refractivity contribution is 5.94. The number of amides is 1. The Morgan fingerprint density at radius 2 is 2.16 bits per heavy atom. The normalized spacial score (nSPS) is 14.2. The first-order chi connectivity index (χ1) is 12.2. The van der Waals surface area contributed by atoms with Crippen LogP contribution in [0.4, 0.5) is 0 Å². The van der Waals surface area contributed by atoms with E-state index >= 15 is 0 Å². The van der Waals surface area contributed by atoms with Gasteiger partial charge in [-0.05, 0) is 49.8 Å². The van der Waals surface area contributed by atoms with Crippen LogP contribution in [0.25, 0.3) is 0 Å². The summed E-state index contributed by atoms with van der Waals surface area (Å²) < 4.78 is 5.06. The molecule has 6 nitrogen and oxygen atoms in total. The molecule has 1 saturated carbocycles. The van der Waals surface area contributed by atoms with Crippen LogP contribution < -0.4 is 16.0 Å². The summed E-state index contributed by atoms with van der Waals surface area (Å²) in [6.07, 6.45) is 5.35. The van der Waals surface area contributed by atoms with Gasteiger partial charge in [-0.2, -0.15) is 0 Å². The lowest BCUT2D eigenvalue weighted by molar-refractivity contribution is 0.0963. The topological polar surface area (TPSA) is 74.8 Å². The van der Waals surface area contributed by atoms with E-state index in [1.54, 1.807) is 14.2 Å². The second-order valence-corrected chi connectivity index (χ2v) is 6.31. The van der Waals surface area contributed by atoms with E-state index in [-0.39, 0.29) is 5.91 Å². The molecule has 138 valence electrons. The van der Waals surface area contributed by atoms with E-state index < -0.39 is 0 Å². The van der Waals surface area contributed by atoms with Crippen molar-refractivity contribution in [2.24, 2.45) is 4.99 Å².